The molecular weight excluding hydrogens is 546 g/mol. The number of pyridine rings is 1. The number of nitrogens with one attached hydrogen (secondary N) is 1. The molecule has 0 aliphatic rings. The van der Waals surface area contributed by atoms with Crippen molar-refractivity contribution in [3.8, 4) is 5.75 Å². The van der Waals surface area contributed by atoms with Crippen LogP contribution in [0.2, 0.25) is 0 Å². The number of carbonyl (C=O) groups is 1. The fourth-order valence-corrected chi connectivity index (χ4v) is 3.84. The Morgan fingerprint density at radius 1 is 1.19 bits per heavy atom. The van der Waals surface area contributed by atoms with E-state index in [1.807, 2.05) is 56.0 Å². The lowest BCUT2D eigenvalue weighted by molar-refractivity contribution is -0.111. The van der Waals surface area contributed by atoms with Crippen molar-refractivity contribution in [1.29, 1.82) is 0 Å². The first-order chi connectivity index (χ1) is 19.9. The highest BCUT2D eigenvalue weighted by Crippen LogP contribution is 2.39. The summed E-state index contributed by atoms with van der Waals surface area (Å²) < 4.78 is 33.3. The van der Waals surface area contributed by atoms with Crippen LogP contribution in [-0.2, 0) is 4.79 Å². The van der Waals surface area contributed by atoms with E-state index >= 15 is 0 Å². The van der Waals surface area contributed by atoms with Gasteiger partial charge in [0.15, 0.2) is 11.7 Å². The van der Waals surface area contributed by atoms with Gasteiger partial charge in [-0.15, -0.1) is 5.10 Å². The van der Waals surface area contributed by atoms with Crippen molar-refractivity contribution < 1.29 is 18.3 Å². The van der Waals surface area contributed by atoms with E-state index in [-0.39, 0.29) is 23.2 Å². The molecule has 0 bridgehead atoms. The van der Waals surface area contributed by atoms with Gasteiger partial charge in [-0.2, -0.15) is 4.99 Å². The molecule has 0 atom stereocenters. The van der Waals surface area contributed by atoms with E-state index in [1.54, 1.807) is 12.3 Å². The fourth-order valence-electron chi connectivity index (χ4n) is 3.84. The van der Waals surface area contributed by atoms with E-state index in [0.29, 0.717) is 41.3 Å². The molecule has 224 valence electrons. The number of rotatable bonds is 12. The van der Waals surface area contributed by atoms with Crippen molar-refractivity contribution in [3.63, 3.8) is 0 Å². The summed E-state index contributed by atoms with van der Waals surface area (Å²) in [6.45, 7) is 7.72. The quantitative estimate of drug-likeness (QED) is 0.189. The van der Waals surface area contributed by atoms with Gasteiger partial charge in [0.2, 0.25) is 11.9 Å². The van der Waals surface area contributed by atoms with E-state index in [1.165, 1.54) is 22.9 Å². The Labute approximate surface area is 243 Å². The number of carbonyl (C=O) groups excluding carboxylic acids is 1. The Hall–Kier alpha value is -4.85. The van der Waals surface area contributed by atoms with Gasteiger partial charge in [-0.1, -0.05) is 13.2 Å². The lowest BCUT2D eigenvalue weighted by atomic mass is 10.2. The molecule has 14 heteroatoms. The number of allylic oxidation sites excluding steroid dienone is 1. The number of guanidine groups is 1. The average molecular weight is 583 g/mol. The maximum Gasteiger partial charge on any atom is 0.272 e. The maximum absolute atomic E-state index is 13.2. The number of halogens is 2. The second-order valence-corrected chi connectivity index (χ2v) is 9.60. The van der Waals surface area contributed by atoms with E-state index < -0.39 is 18.9 Å². The van der Waals surface area contributed by atoms with Crippen LogP contribution in [0.25, 0.3) is 11.0 Å². The van der Waals surface area contributed by atoms with Crippen molar-refractivity contribution in [1.82, 2.24) is 19.7 Å². The van der Waals surface area contributed by atoms with E-state index in [4.69, 9.17) is 10.5 Å². The van der Waals surface area contributed by atoms with Crippen LogP contribution < -0.4 is 25.6 Å². The summed E-state index contributed by atoms with van der Waals surface area (Å²) in [5.74, 6) is 0.178. The van der Waals surface area contributed by atoms with Gasteiger partial charge in [-0.3, -0.25) is 9.78 Å². The van der Waals surface area contributed by atoms with Crippen molar-refractivity contribution in [3.05, 3.63) is 55.8 Å². The summed E-state index contributed by atoms with van der Waals surface area (Å²) in [6.07, 6.45) is 1.50. The largest absolute Gasteiger partial charge is 0.485 e. The smallest absolute Gasteiger partial charge is 0.272 e. The van der Waals surface area contributed by atoms with Crippen molar-refractivity contribution in [2.75, 3.05) is 70.1 Å². The molecule has 0 aliphatic heterocycles. The highest BCUT2D eigenvalue weighted by atomic mass is 19.3. The number of ether oxygens (including phenoxy) is 1. The zero-order valence-corrected chi connectivity index (χ0v) is 24.4. The van der Waals surface area contributed by atoms with Gasteiger partial charge in [-0.05, 0) is 44.4 Å². The van der Waals surface area contributed by atoms with Gasteiger partial charge in [0.05, 0.1) is 16.9 Å². The molecule has 12 nitrogen and oxygen atoms in total. The molecule has 42 heavy (non-hydrogen) atoms. The second-order valence-electron chi connectivity index (χ2n) is 9.60. The number of hydrogen-bond donors (Lipinski definition) is 2. The van der Waals surface area contributed by atoms with E-state index in [0.717, 1.165) is 6.08 Å². The minimum atomic E-state index is -2.73. The minimum absolute atomic E-state index is 0.0283. The number of alkyl halides is 2. The van der Waals surface area contributed by atoms with Crippen molar-refractivity contribution >= 4 is 51.6 Å². The number of amides is 1. The summed E-state index contributed by atoms with van der Waals surface area (Å²) in [4.78, 5) is 31.1. The summed E-state index contributed by atoms with van der Waals surface area (Å²) in [7, 11) is 9.34. The third-order valence-electron chi connectivity index (χ3n) is 5.89. The Balaban J connectivity index is 2.14. The molecule has 0 aliphatic carbocycles. The van der Waals surface area contributed by atoms with Crippen LogP contribution in [0.3, 0.4) is 0 Å². The van der Waals surface area contributed by atoms with E-state index in [2.05, 4.69) is 38.5 Å². The predicted molar refractivity (Wildman–Crippen MR) is 165 cm³/mol. The summed E-state index contributed by atoms with van der Waals surface area (Å²) in [6, 6.07) is 6.60. The summed E-state index contributed by atoms with van der Waals surface area (Å²) >= 11 is 0. The number of aromatic nitrogens is 3. The Morgan fingerprint density at radius 3 is 2.55 bits per heavy atom. The number of hydrogen-bond acceptors (Lipinski definition) is 8. The molecule has 2 aromatic heterocycles. The van der Waals surface area contributed by atoms with Crippen LogP contribution in [0.15, 0.2) is 65.8 Å². The normalized spacial score (nSPS) is 12.1. The van der Waals surface area contributed by atoms with E-state index in [9.17, 15) is 13.6 Å². The van der Waals surface area contributed by atoms with Gasteiger partial charge in [-0.25, -0.2) is 18.5 Å². The molecule has 3 aromatic rings. The van der Waals surface area contributed by atoms with Crippen LogP contribution in [-0.4, -0.2) is 98.7 Å². The second kappa shape index (κ2) is 14.2. The molecule has 1 aromatic carbocycles. The van der Waals surface area contributed by atoms with Crippen molar-refractivity contribution in [2.45, 2.75) is 6.43 Å². The average Bonchev–Trinajstić information content (AvgIpc) is 3.34. The molecule has 1 amide bonds. The number of benzene rings is 1. The van der Waals surface area contributed by atoms with Gasteiger partial charge in [0, 0.05) is 46.5 Å². The first-order valence-electron chi connectivity index (χ1n) is 12.9. The van der Waals surface area contributed by atoms with Gasteiger partial charge in [0.25, 0.3) is 6.43 Å². The Morgan fingerprint density at radius 2 is 1.93 bits per heavy atom. The standard InChI is InChI=1S/C28H36F2N10O2/c1-8-24(40-20-11-10-12-32-26(20)27(36-40)38(5)6)35-28(31)34-19-15-18(33-25(41)9-2)21(39(7)14-13-37(3)4)16-22(19)42-17-23(29)30/h8-12,15-16,23H,1-2,13-14,17H2,3-7H3,(H2,31,34)(H,33,41)/b35-24+. The topological polar surface area (TPSA) is 130 Å². The Kier molecular flexibility index (Phi) is 10.7. The van der Waals surface area contributed by atoms with Crippen LogP contribution in [0, 0.1) is 0 Å². The maximum atomic E-state index is 13.2. The number of fused-ring (bicyclic) bond motifs is 1. The molecule has 0 saturated heterocycles. The lowest BCUT2D eigenvalue weighted by Gasteiger charge is -2.25. The van der Waals surface area contributed by atoms with Crippen LogP contribution in [0.1, 0.15) is 0 Å². The number of nitrogens with zero attached hydrogens (tertiary/aromatic N) is 8. The zero-order chi connectivity index (χ0) is 31.0. The lowest BCUT2D eigenvalue weighted by Crippen LogP contribution is -2.29. The molecule has 0 radical (unpaired) electrons. The predicted octanol–water partition coefficient (Wildman–Crippen LogP) is 3.34. The minimum Gasteiger partial charge on any atom is -0.485 e. The number of aliphatic imine (C=N–C) groups is 2. The van der Waals surface area contributed by atoms with Gasteiger partial charge >= 0.3 is 0 Å². The molecule has 0 fully saturated rings. The number of anilines is 3. The monoisotopic (exact) mass is 582 g/mol. The molecule has 0 spiro atoms. The summed E-state index contributed by atoms with van der Waals surface area (Å²) in [5, 5.41) is 7.34. The number of likely N-dealkylation sites (N-methyl/N-ethyl adjacent to an activating group) is 2. The third kappa shape index (κ3) is 7.87. The van der Waals surface area contributed by atoms with Gasteiger partial charge in [0.1, 0.15) is 23.6 Å². The first-order valence-corrected chi connectivity index (χ1v) is 12.9. The molecular formula is C28H36F2N10O2. The zero-order valence-electron chi connectivity index (χ0n) is 24.4. The molecule has 3 N–H and O–H groups in total. The highest BCUT2D eigenvalue weighted by Gasteiger charge is 2.19. The molecule has 3 rings (SSSR count). The molecule has 0 saturated carbocycles. The van der Waals surface area contributed by atoms with Gasteiger partial charge < -0.3 is 30.5 Å². The molecule has 2 heterocycles. The SMILES string of the molecule is C=CC(=O)Nc1cc(N=C(N)/N=C(\C=C)n2nc(N(C)C)c3ncccc32)c(OCC(F)F)cc1N(C)CCN(C)C. The fraction of sp³-hybridized carbons (Fsp3) is 0.321. The highest BCUT2D eigenvalue weighted by molar-refractivity contribution is 6.07. The Bertz CT molecular complexity index is 1500. The molecule has 0 unspecified atom stereocenters. The van der Waals surface area contributed by atoms with Crippen LogP contribution in [0.5, 0.6) is 5.75 Å². The van der Waals surface area contributed by atoms with Crippen LogP contribution >= 0.6 is 0 Å². The summed E-state index contributed by atoms with van der Waals surface area (Å²) in [5.41, 5.74) is 8.49. The van der Waals surface area contributed by atoms with Crippen molar-refractivity contribution in [2.24, 2.45) is 15.7 Å². The van der Waals surface area contributed by atoms with Crippen LogP contribution in [0.4, 0.5) is 31.7 Å². The first kappa shape index (κ1) is 31.7. The third-order valence-corrected chi connectivity index (χ3v) is 5.89. The number of nitrogens with two attached hydrogens (primary N) is 1.